The zero-order valence-corrected chi connectivity index (χ0v) is 21.2. The third-order valence-corrected chi connectivity index (χ3v) is 7.08. The molecule has 1 fully saturated rings. The molecule has 4 rings (SSSR count). The van der Waals surface area contributed by atoms with Crippen LogP contribution in [-0.2, 0) is 14.3 Å². The van der Waals surface area contributed by atoms with Crippen LogP contribution in [-0.4, -0.2) is 63.7 Å². The number of hydrogen-bond donors (Lipinski definition) is 2. The number of amides is 1. The molecule has 0 aliphatic carbocycles. The van der Waals surface area contributed by atoms with Gasteiger partial charge in [-0.25, -0.2) is 14.8 Å². The zero-order chi connectivity index (χ0) is 26.0. The van der Waals surface area contributed by atoms with Crippen LogP contribution in [0.25, 0.3) is 22.2 Å². The molecule has 192 valence electrons. The van der Waals surface area contributed by atoms with Crippen LogP contribution in [0, 0.1) is 5.92 Å². The average molecular weight is 495 g/mol. The van der Waals surface area contributed by atoms with E-state index in [4.69, 9.17) is 20.9 Å². The Labute approximate surface area is 210 Å². The number of nitrogen functional groups attached to an aromatic ring is 1. The number of esters is 1. The molecule has 3 unspecified atom stereocenters. The Kier molecular flexibility index (Phi) is 7.44. The van der Waals surface area contributed by atoms with Crippen LogP contribution < -0.4 is 16.2 Å². The van der Waals surface area contributed by atoms with Gasteiger partial charge in [0.25, 0.3) is 0 Å². The molecule has 0 radical (unpaired) electrons. The zero-order valence-electron chi connectivity index (χ0n) is 21.2. The summed E-state index contributed by atoms with van der Waals surface area (Å²) in [6, 6.07) is 6.00. The maximum absolute atomic E-state index is 13.4. The maximum Gasteiger partial charge on any atom is 0.328 e. The smallest absolute Gasteiger partial charge is 0.328 e. The fourth-order valence-electron chi connectivity index (χ4n) is 4.81. The third-order valence-electron chi connectivity index (χ3n) is 7.08. The van der Waals surface area contributed by atoms with Gasteiger partial charge in [0.1, 0.15) is 29.6 Å². The summed E-state index contributed by atoms with van der Waals surface area (Å²) in [5, 5.41) is 0.708. The van der Waals surface area contributed by atoms with Crippen molar-refractivity contribution in [2.45, 2.75) is 51.7 Å². The number of anilines is 1. The summed E-state index contributed by atoms with van der Waals surface area (Å²) in [7, 11) is 1.61. The SMILES string of the molecule is CCOC(=O)[C@@H]1CC(n2cc(-c3cccc(OC)c3)c3c(N)ncnc32)CN1C(=O)C(N)C(C)CC. The van der Waals surface area contributed by atoms with Gasteiger partial charge in [-0.3, -0.25) is 4.79 Å². The first kappa shape index (κ1) is 25.4. The van der Waals surface area contributed by atoms with E-state index in [2.05, 4.69) is 9.97 Å². The number of rotatable bonds is 8. The molecular formula is C26H34N6O4. The molecule has 0 bridgehead atoms. The molecule has 1 saturated heterocycles. The molecule has 4 N–H and O–H groups in total. The van der Waals surface area contributed by atoms with Crippen molar-refractivity contribution in [2.75, 3.05) is 26.0 Å². The summed E-state index contributed by atoms with van der Waals surface area (Å²) in [6.07, 6.45) is 4.52. The number of fused-ring (bicyclic) bond motifs is 1. The molecule has 0 saturated carbocycles. The van der Waals surface area contributed by atoms with Gasteiger partial charge in [0.05, 0.1) is 31.2 Å². The molecule has 1 aliphatic heterocycles. The highest BCUT2D eigenvalue weighted by atomic mass is 16.5. The summed E-state index contributed by atoms with van der Waals surface area (Å²) >= 11 is 0. The minimum atomic E-state index is -0.727. The Bertz CT molecular complexity index is 1260. The third kappa shape index (κ3) is 4.60. The Morgan fingerprint density at radius 1 is 1.25 bits per heavy atom. The Morgan fingerprint density at radius 2 is 2.03 bits per heavy atom. The van der Waals surface area contributed by atoms with Crippen LogP contribution >= 0.6 is 0 Å². The number of benzene rings is 1. The normalized spacial score (nSPS) is 19.3. The second-order valence-electron chi connectivity index (χ2n) is 9.20. The molecule has 3 heterocycles. The van der Waals surface area contributed by atoms with E-state index in [0.29, 0.717) is 35.6 Å². The van der Waals surface area contributed by atoms with Crippen molar-refractivity contribution in [3.05, 3.63) is 36.8 Å². The van der Waals surface area contributed by atoms with Crippen LogP contribution in [0.15, 0.2) is 36.8 Å². The molecule has 1 aromatic carbocycles. The van der Waals surface area contributed by atoms with Gasteiger partial charge in [-0.1, -0.05) is 32.4 Å². The highest BCUT2D eigenvalue weighted by Gasteiger charge is 2.43. The molecule has 4 atom stereocenters. The molecule has 36 heavy (non-hydrogen) atoms. The van der Waals surface area contributed by atoms with Gasteiger partial charge in [0.2, 0.25) is 5.91 Å². The van der Waals surface area contributed by atoms with E-state index in [1.165, 1.54) is 6.33 Å². The summed E-state index contributed by atoms with van der Waals surface area (Å²) in [4.78, 5) is 36.6. The number of nitrogens with two attached hydrogens (primary N) is 2. The first-order valence-corrected chi connectivity index (χ1v) is 12.3. The number of likely N-dealkylation sites (tertiary alicyclic amines) is 1. The number of carbonyl (C=O) groups excluding carboxylic acids is 2. The van der Waals surface area contributed by atoms with Gasteiger partial charge in [0.15, 0.2) is 0 Å². The van der Waals surface area contributed by atoms with Gasteiger partial charge in [-0.05, 0) is 30.5 Å². The lowest BCUT2D eigenvalue weighted by Gasteiger charge is -2.28. The lowest BCUT2D eigenvalue weighted by atomic mass is 9.98. The predicted molar refractivity (Wildman–Crippen MR) is 137 cm³/mol. The minimum absolute atomic E-state index is 0.0148. The van der Waals surface area contributed by atoms with Crippen LogP contribution in [0.2, 0.25) is 0 Å². The Morgan fingerprint density at radius 3 is 2.72 bits per heavy atom. The van der Waals surface area contributed by atoms with Crippen molar-refractivity contribution in [1.29, 1.82) is 0 Å². The topological polar surface area (TPSA) is 139 Å². The molecule has 10 heteroatoms. The molecule has 10 nitrogen and oxygen atoms in total. The highest BCUT2D eigenvalue weighted by molar-refractivity contribution is 6.01. The van der Waals surface area contributed by atoms with Gasteiger partial charge in [0, 0.05) is 24.7 Å². The molecule has 3 aromatic rings. The van der Waals surface area contributed by atoms with Crippen LogP contribution in [0.5, 0.6) is 5.75 Å². The fourth-order valence-corrected chi connectivity index (χ4v) is 4.81. The first-order valence-electron chi connectivity index (χ1n) is 12.3. The van der Waals surface area contributed by atoms with Crippen molar-refractivity contribution in [3.8, 4) is 16.9 Å². The number of carbonyl (C=O) groups is 2. The summed E-state index contributed by atoms with van der Waals surface area (Å²) in [6.45, 7) is 6.22. The standard InChI is InChI=1S/C26H34N6O4/c1-5-15(3)22(27)25(33)32-12-17(11-20(32)26(34)36-6-2)31-13-19(16-8-7-9-18(10-16)35-4)21-23(28)29-14-30-24(21)31/h7-10,13-15,17,20,22H,5-6,11-12,27H2,1-4H3,(H2,28,29,30)/t15?,17?,20-,22?/m0/s1. The molecule has 1 amide bonds. The van der Waals surface area contributed by atoms with Gasteiger partial charge in [-0.2, -0.15) is 0 Å². The number of methoxy groups -OCH3 is 1. The number of hydrogen-bond acceptors (Lipinski definition) is 8. The Hall–Kier alpha value is -3.66. The van der Waals surface area contributed by atoms with E-state index in [1.54, 1.807) is 18.9 Å². The lowest BCUT2D eigenvalue weighted by Crippen LogP contribution is -2.51. The minimum Gasteiger partial charge on any atom is -0.497 e. The summed E-state index contributed by atoms with van der Waals surface area (Å²) in [5.74, 6) is 0.372. The number of aromatic nitrogens is 3. The molecular weight excluding hydrogens is 460 g/mol. The van der Waals surface area contributed by atoms with Gasteiger partial charge in [-0.15, -0.1) is 0 Å². The van der Waals surface area contributed by atoms with Gasteiger partial charge >= 0.3 is 5.97 Å². The van der Waals surface area contributed by atoms with Crippen molar-refractivity contribution < 1.29 is 19.1 Å². The van der Waals surface area contributed by atoms with Crippen LogP contribution in [0.4, 0.5) is 5.82 Å². The van der Waals surface area contributed by atoms with Crippen LogP contribution in [0.1, 0.15) is 39.7 Å². The first-order chi connectivity index (χ1) is 17.3. The summed E-state index contributed by atoms with van der Waals surface area (Å²) in [5.41, 5.74) is 15.0. The second kappa shape index (κ2) is 10.5. The van der Waals surface area contributed by atoms with Crippen molar-refractivity contribution in [3.63, 3.8) is 0 Å². The predicted octanol–water partition coefficient (Wildman–Crippen LogP) is 2.77. The molecule has 0 spiro atoms. The van der Waals surface area contributed by atoms with Gasteiger partial charge < -0.3 is 30.4 Å². The molecule has 2 aromatic heterocycles. The average Bonchev–Trinajstić information content (AvgIpc) is 3.50. The monoisotopic (exact) mass is 494 g/mol. The van der Waals surface area contributed by atoms with E-state index in [1.807, 2.05) is 48.9 Å². The second-order valence-corrected chi connectivity index (χ2v) is 9.20. The number of ether oxygens (including phenoxy) is 2. The van der Waals surface area contributed by atoms with Crippen molar-refractivity contribution in [2.24, 2.45) is 11.7 Å². The Balaban J connectivity index is 1.78. The van der Waals surface area contributed by atoms with Crippen molar-refractivity contribution >= 4 is 28.7 Å². The highest BCUT2D eigenvalue weighted by Crippen LogP contribution is 2.38. The van der Waals surface area contributed by atoms with Crippen LogP contribution in [0.3, 0.4) is 0 Å². The van der Waals surface area contributed by atoms with E-state index < -0.39 is 18.1 Å². The van der Waals surface area contributed by atoms with E-state index in [9.17, 15) is 9.59 Å². The quantitative estimate of drug-likeness (QED) is 0.456. The molecule has 1 aliphatic rings. The van der Waals surface area contributed by atoms with Crippen molar-refractivity contribution in [1.82, 2.24) is 19.4 Å². The van der Waals surface area contributed by atoms with E-state index in [0.717, 1.165) is 17.5 Å². The maximum atomic E-state index is 13.4. The van der Waals surface area contributed by atoms with E-state index in [-0.39, 0.29) is 24.5 Å². The summed E-state index contributed by atoms with van der Waals surface area (Å²) < 4.78 is 12.7. The largest absolute Gasteiger partial charge is 0.497 e. The van der Waals surface area contributed by atoms with E-state index >= 15 is 0 Å². The number of nitrogens with zero attached hydrogens (tertiary/aromatic N) is 4. The lowest BCUT2D eigenvalue weighted by molar-refractivity contribution is -0.153. The fraction of sp³-hybridized carbons (Fsp3) is 0.462.